The van der Waals surface area contributed by atoms with E-state index >= 15 is 0 Å². The first-order valence-corrected chi connectivity index (χ1v) is 7.63. The van der Waals surface area contributed by atoms with Gasteiger partial charge in [0.05, 0.1) is 14.2 Å². The van der Waals surface area contributed by atoms with Crippen LogP contribution < -0.4 is 14.2 Å². The third kappa shape index (κ3) is 4.96. The highest BCUT2D eigenvalue weighted by Crippen LogP contribution is 2.28. The van der Waals surface area contributed by atoms with Gasteiger partial charge in [-0.15, -0.1) is 6.42 Å². The van der Waals surface area contributed by atoms with Crippen LogP contribution in [0.1, 0.15) is 17.5 Å². The summed E-state index contributed by atoms with van der Waals surface area (Å²) in [7, 11) is 3.30. The lowest BCUT2D eigenvalue weighted by molar-refractivity contribution is 0.354. The van der Waals surface area contributed by atoms with Gasteiger partial charge in [0, 0.05) is 0 Å². The van der Waals surface area contributed by atoms with Gasteiger partial charge in [0.25, 0.3) is 0 Å². The number of hydrogen-bond donors (Lipinski definition) is 0. The third-order valence-electron chi connectivity index (χ3n) is 3.60. The molecule has 0 N–H and O–H groups in total. The average molecular weight is 310 g/mol. The van der Waals surface area contributed by atoms with Gasteiger partial charge in [-0.2, -0.15) is 0 Å². The molecular formula is C20H22O3. The average Bonchev–Trinajstić information content (AvgIpc) is 2.60. The van der Waals surface area contributed by atoms with E-state index in [0.717, 1.165) is 36.5 Å². The maximum atomic E-state index is 5.45. The van der Waals surface area contributed by atoms with Crippen molar-refractivity contribution in [3.05, 3.63) is 53.6 Å². The van der Waals surface area contributed by atoms with Crippen LogP contribution in [0.5, 0.6) is 17.2 Å². The monoisotopic (exact) mass is 310 g/mol. The van der Waals surface area contributed by atoms with Crippen molar-refractivity contribution >= 4 is 0 Å². The first-order valence-electron chi connectivity index (χ1n) is 7.63. The van der Waals surface area contributed by atoms with Crippen LogP contribution in [-0.4, -0.2) is 20.8 Å². The van der Waals surface area contributed by atoms with Gasteiger partial charge in [0.2, 0.25) is 0 Å². The highest BCUT2D eigenvalue weighted by molar-refractivity contribution is 5.43. The molecule has 0 spiro atoms. The molecule has 0 radical (unpaired) electrons. The normalized spacial score (nSPS) is 9.96. The van der Waals surface area contributed by atoms with Gasteiger partial charge in [-0.3, -0.25) is 0 Å². The molecule has 2 aromatic rings. The standard InChI is InChI=1S/C20H22O3/c1-4-13-23-18-10-6-9-16(14-18)7-5-8-17-11-12-19(21-2)20(15-17)22-3/h1,6,9-12,14-15H,5,7-8,13H2,2-3H3. The fourth-order valence-electron chi connectivity index (χ4n) is 2.45. The van der Waals surface area contributed by atoms with Gasteiger partial charge in [-0.05, 0) is 54.7 Å². The molecule has 0 aliphatic carbocycles. The van der Waals surface area contributed by atoms with E-state index in [1.165, 1.54) is 11.1 Å². The predicted octanol–water partition coefficient (Wildman–Crippen LogP) is 3.89. The Bertz CT molecular complexity index is 671. The minimum Gasteiger partial charge on any atom is -0.493 e. The van der Waals surface area contributed by atoms with Crippen LogP contribution >= 0.6 is 0 Å². The highest BCUT2D eigenvalue weighted by Gasteiger charge is 2.05. The fraction of sp³-hybridized carbons (Fsp3) is 0.300. The van der Waals surface area contributed by atoms with Gasteiger partial charge in [-0.1, -0.05) is 24.1 Å². The molecule has 0 saturated carbocycles. The van der Waals surface area contributed by atoms with Crippen molar-refractivity contribution in [1.82, 2.24) is 0 Å². The molecule has 23 heavy (non-hydrogen) atoms. The van der Waals surface area contributed by atoms with Gasteiger partial charge in [0.1, 0.15) is 12.4 Å². The molecule has 0 bridgehead atoms. The van der Waals surface area contributed by atoms with Crippen molar-refractivity contribution in [3.8, 4) is 29.6 Å². The Morgan fingerprint density at radius 2 is 1.65 bits per heavy atom. The van der Waals surface area contributed by atoms with E-state index in [1.54, 1.807) is 14.2 Å². The molecule has 0 aliphatic rings. The third-order valence-corrected chi connectivity index (χ3v) is 3.60. The molecule has 0 unspecified atom stereocenters. The molecule has 0 saturated heterocycles. The molecule has 0 aliphatic heterocycles. The van der Waals surface area contributed by atoms with Gasteiger partial charge in [-0.25, -0.2) is 0 Å². The zero-order valence-corrected chi connectivity index (χ0v) is 13.7. The lowest BCUT2D eigenvalue weighted by Gasteiger charge is -2.10. The van der Waals surface area contributed by atoms with E-state index in [4.69, 9.17) is 20.6 Å². The number of aryl methyl sites for hydroxylation is 2. The quantitative estimate of drug-likeness (QED) is 0.692. The minimum atomic E-state index is 0.301. The summed E-state index contributed by atoms with van der Waals surface area (Å²) in [4.78, 5) is 0. The number of ether oxygens (including phenoxy) is 3. The maximum absolute atomic E-state index is 5.45. The summed E-state index contributed by atoms with van der Waals surface area (Å²) >= 11 is 0. The number of methoxy groups -OCH3 is 2. The number of rotatable bonds is 8. The Hall–Kier alpha value is -2.60. The summed E-state index contributed by atoms with van der Waals surface area (Å²) in [6, 6.07) is 14.1. The molecule has 3 nitrogen and oxygen atoms in total. The lowest BCUT2D eigenvalue weighted by atomic mass is 10.0. The van der Waals surface area contributed by atoms with E-state index < -0.39 is 0 Å². The van der Waals surface area contributed by atoms with E-state index in [1.807, 2.05) is 30.3 Å². The van der Waals surface area contributed by atoms with E-state index in [0.29, 0.717) is 6.61 Å². The minimum absolute atomic E-state index is 0.301. The summed E-state index contributed by atoms with van der Waals surface area (Å²) in [5.74, 6) is 4.83. The molecule has 2 aromatic carbocycles. The number of terminal acetylenes is 1. The lowest BCUT2D eigenvalue weighted by Crippen LogP contribution is -1.96. The van der Waals surface area contributed by atoms with Crippen molar-refractivity contribution < 1.29 is 14.2 Å². The van der Waals surface area contributed by atoms with Crippen LogP contribution in [0.2, 0.25) is 0 Å². The Balaban J connectivity index is 1.91. The highest BCUT2D eigenvalue weighted by atomic mass is 16.5. The summed E-state index contributed by atoms with van der Waals surface area (Å²) < 4.78 is 16.0. The van der Waals surface area contributed by atoms with Crippen LogP contribution in [0.25, 0.3) is 0 Å². The molecule has 3 heteroatoms. The molecule has 2 rings (SSSR count). The van der Waals surface area contributed by atoms with Crippen LogP contribution in [0.15, 0.2) is 42.5 Å². The van der Waals surface area contributed by atoms with Crippen molar-refractivity contribution in [2.75, 3.05) is 20.8 Å². The van der Waals surface area contributed by atoms with E-state index in [2.05, 4.69) is 18.1 Å². The largest absolute Gasteiger partial charge is 0.493 e. The molecule has 0 fully saturated rings. The van der Waals surface area contributed by atoms with Crippen molar-refractivity contribution in [2.24, 2.45) is 0 Å². The Labute approximate surface area is 138 Å². The van der Waals surface area contributed by atoms with Crippen LogP contribution in [-0.2, 0) is 12.8 Å². The van der Waals surface area contributed by atoms with E-state index in [9.17, 15) is 0 Å². The van der Waals surface area contributed by atoms with Crippen LogP contribution in [0.4, 0.5) is 0 Å². The number of benzene rings is 2. The maximum Gasteiger partial charge on any atom is 0.160 e. The first kappa shape index (κ1) is 16.8. The van der Waals surface area contributed by atoms with Crippen LogP contribution in [0.3, 0.4) is 0 Å². The SMILES string of the molecule is C#CCOc1cccc(CCCc2ccc(OC)c(OC)c2)c1. The Morgan fingerprint density at radius 1 is 0.913 bits per heavy atom. The molecule has 0 amide bonds. The molecule has 0 aromatic heterocycles. The second-order valence-electron chi connectivity index (χ2n) is 5.18. The molecule has 0 atom stereocenters. The summed E-state index contributed by atoms with van der Waals surface area (Å²) in [5, 5.41) is 0. The smallest absolute Gasteiger partial charge is 0.160 e. The zero-order valence-electron chi connectivity index (χ0n) is 13.7. The predicted molar refractivity (Wildman–Crippen MR) is 92.3 cm³/mol. The second-order valence-corrected chi connectivity index (χ2v) is 5.18. The summed E-state index contributed by atoms with van der Waals surface area (Å²) in [6.45, 7) is 0.301. The van der Waals surface area contributed by atoms with Crippen molar-refractivity contribution in [2.45, 2.75) is 19.3 Å². The number of hydrogen-bond acceptors (Lipinski definition) is 3. The first-order chi connectivity index (χ1) is 11.3. The van der Waals surface area contributed by atoms with Crippen molar-refractivity contribution in [1.29, 1.82) is 0 Å². The fourth-order valence-corrected chi connectivity index (χ4v) is 2.45. The van der Waals surface area contributed by atoms with E-state index in [-0.39, 0.29) is 0 Å². The Kier molecular flexibility index (Phi) is 6.38. The van der Waals surface area contributed by atoms with Gasteiger partial charge >= 0.3 is 0 Å². The molecule has 120 valence electrons. The second kappa shape index (κ2) is 8.75. The van der Waals surface area contributed by atoms with Crippen LogP contribution in [0, 0.1) is 12.3 Å². The summed E-state index contributed by atoms with van der Waals surface area (Å²) in [6.07, 6.45) is 8.23. The van der Waals surface area contributed by atoms with Gasteiger partial charge < -0.3 is 14.2 Å². The molecular weight excluding hydrogens is 288 g/mol. The van der Waals surface area contributed by atoms with Gasteiger partial charge in [0.15, 0.2) is 11.5 Å². The van der Waals surface area contributed by atoms with Crippen molar-refractivity contribution in [3.63, 3.8) is 0 Å². The topological polar surface area (TPSA) is 27.7 Å². The molecule has 0 heterocycles. The summed E-state index contributed by atoms with van der Waals surface area (Å²) in [5.41, 5.74) is 2.49. The Morgan fingerprint density at radius 3 is 2.35 bits per heavy atom. The zero-order chi connectivity index (χ0) is 16.5.